The molecule has 0 aliphatic rings. The third-order valence-corrected chi connectivity index (χ3v) is 3.31. The number of hydrogen-bond acceptors (Lipinski definition) is 2. The van der Waals surface area contributed by atoms with E-state index in [0.29, 0.717) is 16.7 Å². The van der Waals surface area contributed by atoms with Crippen LogP contribution in [0, 0.1) is 0 Å². The lowest BCUT2D eigenvalue weighted by Gasteiger charge is -2.14. The lowest BCUT2D eigenvalue weighted by atomic mass is 9.94. The summed E-state index contributed by atoms with van der Waals surface area (Å²) in [5.74, 6) is 0. The van der Waals surface area contributed by atoms with Crippen LogP contribution in [0.4, 0.5) is 13.2 Å². The van der Waals surface area contributed by atoms with E-state index in [9.17, 15) is 13.2 Å². The molecule has 0 spiro atoms. The van der Waals surface area contributed by atoms with Gasteiger partial charge in [0, 0.05) is 30.4 Å². The third kappa shape index (κ3) is 2.83. The number of rotatable bonds is 2. The van der Waals surface area contributed by atoms with Gasteiger partial charge in [0.2, 0.25) is 0 Å². The molecule has 0 atom stereocenters. The Morgan fingerprint density at radius 2 is 1.50 bits per heavy atom. The molecule has 2 aromatic heterocycles. The molecule has 0 amide bonds. The number of alkyl halides is 3. The van der Waals surface area contributed by atoms with Crippen LogP contribution < -0.4 is 0 Å². The number of pyridine rings is 2. The Kier molecular flexibility index (Phi) is 3.63. The maximum Gasteiger partial charge on any atom is 0.416 e. The highest BCUT2D eigenvalue weighted by Gasteiger charge is 2.31. The molecule has 0 radical (unpaired) electrons. The molecule has 3 rings (SSSR count). The van der Waals surface area contributed by atoms with Gasteiger partial charge in [-0.3, -0.25) is 9.97 Å². The van der Waals surface area contributed by atoms with Gasteiger partial charge in [-0.05, 0) is 47.0 Å². The second kappa shape index (κ2) is 5.60. The minimum atomic E-state index is -4.38. The minimum Gasteiger partial charge on any atom is -0.265 e. The fourth-order valence-corrected chi connectivity index (χ4v) is 2.26. The first-order valence-electron chi connectivity index (χ1n) is 6.58. The van der Waals surface area contributed by atoms with Crippen LogP contribution in [0.1, 0.15) is 5.56 Å². The third-order valence-electron chi connectivity index (χ3n) is 3.31. The van der Waals surface area contributed by atoms with Crippen LogP contribution in [0.15, 0.2) is 67.3 Å². The molecule has 3 aromatic rings. The van der Waals surface area contributed by atoms with Crippen LogP contribution in [0.2, 0.25) is 0 Å². The molecule has 0 fully saturated rings. The van der Waals surface area contributed by atoms with Crippen molar-refractivity contribution in [3.8, 4) is 22.3 Å². The Bertz CT molecular complexity index is 769. The smallest absolute Gasteiger partial charge is 0.265 e. The Balaban J connectivity index is 2.23. The summed E-state index contributed by atoms with van der Waals surface area (Å²) in [5.41, 5.74) is 1.98. The van der Waals surface area contributed by atoms with Crippen molar-refractivity contribution in [1.29, 1.82) is 0 Å². The van der Waals surface area contributed by atoms with Gasteiger partial charge in [-0.15, -0.1) is 0 Å². The van der Waals surface area contributed by atoms with E-state index in [1.807, 2.05) is 6.07 Å². The van der Waals surface area contributed by atoms with Gasteiger partial charge in [0.15, 0.2) is 0 Å². The van der Waals surface area contributed by atoms with E-state index in [-0.39, 0.29) is 0 Å². The first kappa shape index (κ1) is 14.3. The van der Waals surface area contributed by atoms with Gasteiger partial charge < -0.3 is 0 Å². The molecule has 1 aromatic carbocycles. The SMILES string of the molecule is FC(F)(F)c1ccc(-c2cccnc2)c(-c2ccncc2)c1. The molecule has 5 heteroatoms. The van der Waals surface area contributed by atoms with Crippen LogP contribution in [0.3, 0.4) is 0 Å². The number of halogens is 3. The summed E-state index contributed by atoms with van der Waals surface area (Å²) in [6, 6.07) is 10.7. The highest BCUT2D eigenvalue weighted by molar-refractivity contribution is 5.83. The van der Waals surface area contributed by atoms with Gasteiger partial charge in [-0.2, -0.15) is 13.2 Å². The van der Waals surface area contributed by atoms with Crippen molar-refractivity contribution in [2.75, 3.05) is 0 Å². The number of benzene rings is 1. The van der Waals surface area contributed by atoms with E-state index in [4.69, 9.17) is 0 Å². The standard InChI is InChI=1S/C17H11F3N2/c18-17(19,20)14-3-4-15(13-2-1-7-22-11-13)16(10-14)12-5-8-21-9-6-12/h1-11H. The summed E-state index contributed by atoms with van der Waals surface area (Å²) in [4.78, 5) is 7.94. The molecule has 2 heterocycles. The largest absolute Gasteiger partial charge is 0.416 e. The quantitative estimate of drug-likeness (QED) is 0.677. The fraction of sp³-hybridized carbons (Fsp3) is 0.0588. The first-order chi connectivity index (χ1) is 10.6. The van der Waals surface area contributed by atoms with Crippen LogP contribution >= 0.6 is 0 Å². The minimum absolute atomic E-state index is 0.505. The van der Waals surface area contributed by atoms with Gasteiger partial charge in [0.25, 0.3) is 0 Å². The lowest BCUT2D eigenvalue weighted by molar-refractivity contribution is -0.137. The van der Waals surface area contributed by atoms with E-state index in [1.54, 1.807) is 43.0 Å². The molecule has 0 aliphatic heterocycles. The van der Waals surface area contributed by atoms with Crippen molar-refractivity contribution in [2.24, 2.45) is 0 Å². The zero-order valence-corrected chi connectivity index (χ0v) is 11.4. The van der Waals surface area contributed by atoms with Crippen LogP contribution in [-0.2, 0) is 6.18 Å². The molecule has 0 aliphatic carbocycles. The van der Waals surface area contributed by atoms with Crippen molar-refractivity contribution in [3.05, 3.63) is 72.8 Å². The van der Waals surface area contributed by atoms with Crippen molar-refractivity contribution >= 4 is 0 Å². The molecule has 110 valence electrons. The second-order valence-electron chi connectivity index (χ2n) is 4.74. The van der Waals surface area contributed by atoms with E-state index in [0.717, 1.165) is 17.7 Å². The lowest BCUT2D eigenvalue weighted by Crippen LogP contribution is -2.05. The van der Waals surface area contributed by atoms with Gasteiger partial charge in [0.1, 0.15) is 0 Å². The van der Waals surface area contributed by atoms with E-state index in [1.165, 1.54) is 6.07 Å². The van der Waals surface area contributed by atoms with E-state index in [2.05, 4.69) is 9.97 Å². The molecule has 22 heavy (non-hydrogen) atoms. The number of hydrogen-bond donors (Lipinski definition) is 0. The fourth-order valence-electron chi connectivity index (χ4n) is 2.26. The topological polar surface area (TPSA) is 25.8 Å². The van der Waals surface area contributed by atoms with Crippen LogP contribution in [-0.4, -0.2) is 9.97 Å². The van der Waals surface area contributed by atoms with E-state index < -0.39 is 11.7 Å². The predicted octanol–water partition coefficient (Wildman–Crippen LogP) is 4.83. The Hall–Kier alpha value is -2.69. The van der Waals surface area contributed by atoms with Gasteiger partial charge in [-0.25, -0.2) is 0 Å². The van der Waals surface area contributed by atoms with Gasteiger partial charge in [-0.1, -0.05) is 12.1 Å². The van der Waals surface area contributed by atoms with Crippen molar-refractivity contribution < 1.29 is 13.2 Å². The molecular formula is C17H11F3N2. The Morgan fingerprint density at radius 3 is 2.14 bits per heavy atom. The second-order valence-corrected chi connectivity index (χ2v) is 4.74. The van der Waals surface area contributed by atoms with E-state index >= 15 is 0 Å². The summed E-state index contributed by atoms with van der Waals surface area (Å²) >= 11 is 0. The molecular weight excluding hydrogens is 289 g/mol. The van der Waals surface area contributed by atoms with Gasteiger partial charge >= 0.3 is 6.18 Å². The maximum atomic E-state index is 13.0. The Morgan fingerprint density at radius 1 is 0.727 bits per heavy atom. The summed E-state index contributed by atoms with van der Waals surface area (Å²) in [5, 5.41) is 0. The average Bonchev–Trinajstić information content (AvgIpc) is 2.55. The highest BCUT2D eigenvalue weighted by Crippen LogP contribution is 2.37. The zero-order chi connectivity index (χ0) is 15.6. The Labute approximate surface area is 125 Å². The summed E-state index contributed by atoms with van der Waals surface area (Å²) in [6.07, 6.45) is 1.99. The van der Waals surface area contributed by atoms with Crippen molar-refractivity contribution in [1.82, 2.24) is 9.97 Å². The molecule has 0 N–H and O–H groups in total. The maximum absolute atomic E-state index is 13.0. The highest BCUT2D eigenvalue weighted by atomic mass is 19.4. The monoisotopic (exact) mass is 300 g/mol. The van der Waals surface area contributed by atoms with Crippen LogP contribution in [0.25, 0.3) is 22.3 Å². The summed E-state index contributed by atoms with van der Waals surface area (Å²) in [7, 11) is 0. The number of nitrogens with zero attached hydrogens (tertiary/aromatic N) is 2. The van der Waals surface area contributed by atoms with Crippen molar-refractivity contribution in [2.45, 2.75) is 6.18 Å². The van der Waals surface area contributed by atoms with Crippen LogP contribution in [0.5, 0.6) is 0 Å². The molecule has 0 saturated heterocycles. The zero-order valence-electron chi connectivity index (χ0n) is 11.4. The molecule has 0 unspecified atom stereocenters. The summed E-state index contributed by atoms with van der Waals surface area (Å²) in [6.45, 7) is 0. The van der Waals surface area contributed by atoms with Crippen molar-refractivity contribution in [3.63, 3.8) is 0 Å². The first-order valence-corrected chi connectivity index (χ1v) is 6.58. The number of aromatic nitrogens is 2. The molecule has 0 bridgehead atoms. The molecule has 2 nitrogen and oxygen atoms in total. The summed E-state index contributed by atoms with van der Waals surface area (Å²) < 4.78 is 39.0. The normalized spacial score (nSPS) is 11.4. The average molecular weight is 300 g/mol. The van der Waals surface area contributed by atoms with Gasteiger partial charge in [0.05, 0.1) is 5.56 Å². The predicted molar refractivity (Wildman–Crippen MR) is 77.9 cm³/mol. The molecule has 0 saturated carbocycles.